The van der Waals surface area contributed by atoms with E-state index in [0.717, 1.165) is 37.1 Å². The SMILES string of the molecule is COc1ccc(C(=O)NOC2CCNCC2)c(-c2ccccc2)c1. The fourth-order valence-corrected chi connectivity index (χ4v) is 2.81. The highest BCUT2D eigenvalue weighted by Gasteiger charge is 2.18. The van der Waals surface area contributed by atoms with Gasteiger partial charge in [-0.05, 0) is 55.3 Å². The largest absolute Gasteiger partial charge is 0.497 e. The van der Waals surface area contributed by atoms with Crippen LogP contribution in [0.15, 0.2) is 48.5 Å². The highest BCUT2D eigenvalue weighted by Crippen LogP contribution is 2.28. The summed E-state index contributed by atoms with van der Waals surface area (Å²) in [7, 11) is 1.62. The molecule has 0 atom stereocenters. The van der Waals surface area contributed by atoms with Crippen LogP contribution in [0.2, 0.25) is 0 Å². The second-order valence-electron chi connectivity index (χ2n) is 5.78. The number of benzene rings is 2. The van der Waals surface area contributed by atoms with Gasteiger partial charge in [0.1, 0.15) is 5.75 Å². The summed E-state index contributed by atoms with van der Waals surface area (Å²) in [6.45, 7) is 1.83. The lowest BCUT2D eigenvalue weighted by atomic mass is 9.99. The van der Waals surface area contributed by atoms with Gasteiger partial charge in [0.15, 0.2) is 0 Å². The van der Waals surface area contributed by atoms with Crippen molar-refractivity contribution in [2.24, 2.45) is 0 Å². The quantitative estimate of drug-likeness (QED) is 0.830. The molecule has 1 saturated heterocycles. The fraction of sp³-hybridized carbons (Fsp3) is 0.316. The van der Waals surface area contributed by atoms with Gasteiger partial charge in [-0.25, -0.2) is 5.48 Å². The number of carbonyl (C=O) groups excluding carboxylic acids is 1. The number of piperidine rings is 1. The first kappa shape index (κ1) is 16.5. The van der Waals surface area contributed by atoms with Crippen LogP contribution in [0, 0.1) is 0 Å². The molecule has 2 aromatic carbocycles. The molecule has 1 aliphatic rings. The Labute approximate surface area is 141 Å². The Morgan fingerprint density at radius 2 is 1.88 bits per heavy atom. The first-order chi connectivity index (χ1) is 11.8. The summed E-state index contributed by atoms with van der Waals surface area (Å²) in [5.41, 5.74) is 4.96. The molecule has 126 valence electrons. The van der Waals surface area contributed by atoms with E-state index >= 15 is 0 Å². The molecule has 2 N–H and O–H groups in total. The van der Waals surface area contributed by atoms with E-state index < -0.39 is 0 Å². The number of ether oxygens (including phenoxy) is 1. The molecule has 0 unspecified atom stereocenters. The average molecular weight is 326 g/mol. The zero-order chi connectivity index (χ0) is 16.8. The highest BCUT2D eigenvalue weighted by atomic mass is 16.7. The Kier molecular flexibility index (Phi) is 5.46. The standard InChI is InChI=1S/C19H22N2O3/c1-23-16-7-8-17(18(13-16)14-5-3-2-4-6-14)19(22)21-24-15-9-11-20-12-10-15/h2-8,13,15,20H,9-12H2,1H3,(H,21,22). The van der Waals surface area contributed by atoms with Gasteiger partial charge in [0.25, 0.3) is 5.91 Å². The van der Waals surface area contributed by atoms with E-state index in [-0.39, 0.29) is 12.0 Å². The second kappa shape index (κ2) is 7.95. The van der Waals surface area contributed by atoms with E-state index in [0.29, 0.717) is 11.3 Å². The van der Waals surface area contributed by atoms with Gasteiger partial charge in [0, 0.05) is 5.56 Å². The predicted octanol–water partition coefficient (Wildman–Crippen LogP) is 2.78. The van der Waals surface area contributed by atoms with Crippen molar-refractivity contribution < 1.29 is 14.4 Å². The molecule has 1 heterocycles. The normalized spacial score (nSPS) is 15.0. The van der Waals surface area contributed by atoms with E-state index in [1.165, 1.54) is 0 Å². The summed E-state index contributed by atoms with van der Waals surface area (Å²) in [6, 6.07) is 15.2. The zero-order valence-electron chi connectivity index (χ0n) is 13.7. The number of rotatable bonds is 5. The predicted molar refractivity (Wildman–Crippen MR) is 92.9 cm³/mol. The Balaban J connectivity index is 1.79. The lowest BCUT2D eigenvalue weighted by Gasteiger charge is -2.22. The molecule has 2 aromatic rings. The first-order valence-electron chi connectivity index (χ1n) is 8.18. The Morgan fingerprint density at radius 1 is 1.12 bits per heavy atom. The topological polar surface area (TPSA) is 59.6 Å². The average Bonchev–Trinajstić information content (AvgIpc) is 2.67. The molecule has 0 radical (unpaired) electrons. The van der Waals surface area contributed by atoms with Crippen molar-refractivity contribution in [3.8, 4) is 16.9 Å². The summed E-state index contributed by atoms with van der Waals surface area (Å²) in [6.07, 6.45) is 1.86. The van der Waals surface area contributed by atoms with Crippen LogP contribution in [0.5, 0.6) is 5.75 Å². The third-order valence-corrected chi connectivity index (χ3v) is 4.16. The summed E-state index contributed by atoms with van der Waals surface area (Å²) < 4.78 is 5.30. The molecule has 5 heteroatoms. The number of hydrogen-bond donors (Lipinski definition) is 2. The van der Waals surface area contributed by atoms with Gasteiger partial charge in [-0.2, -0.15) is 0 Å². The number of hydroxylamine groups is 1. The molecule has 1 amide bonds. The number of amides is 1. The summed E-state index contributed by atoms with van der Waals surface area (Å²) in [5.74, 6) is 0.472. The lowest BCUT2D eigenvalue weighted by molar-refractivity contribution is -0.0282. The fourth-order valence-electron chi connectivity index (χ4n) is 2.81. The summed E-state index contributed by atoms with van der Waals surface area (Å²) in [4.78, 5) is 18.2. The van der Waals surface area contributed by atoms with Crippen LogP contribution in [0.3, 0.4) is 0 Å². The van der Waals surface area contributed by atoms with Gasteiger partial charge < -0.3 is 10.1 Å². The molecule has 0 bridgehead atoms. The molecule has 3 rings (SSSR count). The van der Waals surface area contributed by atoms with E-state index in [9.17, 15) is 4.79 Å². The summed E-state index contributed by atoms with van der Waals surface area (Å²) >= 11 is 0. The van der Waals surface area contributed by atoms with Crippen molar-refractivity contribution >= 4 is 5.91 Å². The van der Waals surface area contributed by atoms with Gasteiger partial charge >= 0.3 is 0 Å². The molecular formula is C19H22N2O3. The maximum Gasteiger partial charge on any atom is 0.275 e. The lowest BCUT2D eigenvalue weighted by Crippen LogP contribution is -2.37. The minimum absolute atomic E-state index is 0.0635. The monoisotopic (exact) mass is 326 g/mol. The zero-order valence-corrected chi connectivity index (χ0v) is 13.7. The van der Waals surface area contributed by atoms with Crippen molar-refractivity contribution in [2.45, 2.75) is 18.9 Å². The van der Waals surface area contributed by atoms with Crippen LogP contribution >= 0.6 is 0 Å². The maximum absolute atomic E-state index is 12.6. The van der Waals surface area contributed by atoms with Crippen molar-refractivity contribution in [1.82, 2.24) is 10.8 Å². The van der Waals surface area contributed by atoms with Crippen molar-refractivity contribution in [3.63, 3.8) is 0 Å². The Morgan fingerprint density at radius 3 is 2.58 bits per heavy atom. The van der Waals surface area contributed by atoms with Crippen molar-refractivity contribution in [2.75, 3.05) is 20.2 Å². The van der Waals surface area contributed by atoms with Gasteiger partial charge in [-0.3, -0.25) is 9.63 Å². The summed E-state index contributed by atoms with van der Waals surface area (Å²) in [5, 5.41) is 3.27. The van der Waals surface area contributed by atoms with Crippen LogP contribution in [0.1, 0.15) is 23.2 Å². The highest BCUT2D eigenvalue weighted by molar-refractivity contribution is 6.00. The molecule has 0 aromatic heterocycles. The van der Waals surface area contributed by atoms with Crippen molar-refractivity contribution in [3.05, 3.63) is 54.1 Å². The van der Waals surface area contributed by atoms with Crippen LogP contribution in [0.25, 0.3) is 11.1 Å². The molecule has 1 fully saturated rings. The van der Waals surface area contributed by atoms with Crippen LogP contribution in [0.4, 0.5) is 0 Å². The molecule has 24 heavy (non-hydrogen) atoms. The number of hydrogen-bond acceptors (Lipinski definition) is 4. The van der Waals surface area contributed by atoms with Crippen LogP contribution < -0.4 is 15.5 Å². The minimum Gasteiger partial charge on any atom is -0.497 e. The van der Waals surface area contributed by atoms with Gasteiger partial charge in [-0.1, -0.05) is 30.3 Å². The van der Waals surface area contributed by atoms with Gasteiger partial charge in [0.05, 0.1) is 13.2 Å². The first-order valence-corrected chi connectivity index (χ1v) is 8.18. The van der Waals surface area contributed by atoms with Crippen molar-refractivity contribution in [1.29, 1.82) is 0 Å². The van der Waals surface area contributed by atoms with E-state index in [4.69, 9.17) is 9.57 Å². The molecule has 0 aliphatic carbocycles. The van der Waals surface area contributed by atoms with Crippen LogP contribution in [-0.2, 0) is 4.84 Å². The smallest absolute Gasteiger partial charge is 0.275 e. The van der Waals surface area contributed by atoms with E-state index in [2.05, 4.69) is 10.8 Å². The van der Waals surface area contributed by atoms with Gasteiger partial charge in [0.2, 0.25) is 0 Å². The number of carbonyl (C=O) groups is 1. The molecule has 5 nitrogen and oxygen atoms in total. The van der Waals surface area contributed by atoms with Gasteiger partial charge in [-0.15, -0.1) is 0 Å². The third-order valence-electron chi connectivity index (χ3n) is 4.16. The third kappa shape index (κ3) is 3.93. The molecule has 0 saturated carbocycles. The maximum atomic E-state index is 12.6. The van der Waals surface area contributed by atoms with E-state index in [1.807, 2.05) is 36.4 Å². The number of methoxy groups -OCH3 is 1. The van der Waals surface area contributed by atoms with E-state index in [1.54, 1.807) is 19.2 Å². The molecular weight excluding hydrogens is 304 g/mol. The Hall–Kier alpha value is -2.37. The number of nitrogens with one attached hydrogen (secondary N) is 2. The molecule has 1 aliphatic heterocycles. The van der Waals surface area contributed by atoms with Crippen LogP contribution in [-0.4, -0.2) is 32.2 Å². The molecule has 0 spiro atoms. The Bertz CT molecular complexity index is 682. The minimum atomic E-state index is -0.241. The second-order valence-corrected chi connectivity index (χ2v) is 5.78.